The van der Waals surface area contributed by atoms with Crippen LogP contribution in [0.15, 0.2) is 47.4 Å². The maximum Gasteiger partial charge on any atom is 0.197 e. The van der Waals surface area contributed by atoms with Gasteiger partial charge in [-0.15, -0.1) is 0 Å². The zero-order valence-corrected chi connectivity index (χ0v) is 15.9. The Kier molecular flexibility index (Phi) is 4.89. The van der Waals surface area contributed by atoms with Crippen molar-refractivity contribution in [2.45, 2.75) is 13.5 Å². The summed E-state index contributed by atoms with van der Waals surface area (Å²) in [5, 5.41) is 4.23. The fraction of sp³-hybridized carbons (Fsp3) is 0.286. The number of piperazine rings is 1. The van der Waals surface area contributed by atoms with Crippen molar-refractivity contribution in [1.82, 2.24) is 9.88 Å². The lowest BCUT2D eigenvalue weighted by Gasteiger charge is -2.30. The first-order chi connectivity index (χ1) is 13.1. The van der Waals surface area contributed by atoms with Gasteiger partial charge in [-0.25, -0.2) is 4.39 Å². The highest BCUT2D eigenvalue weighted by Crippen LogP contribution is 2.28. The summed E-state index contributed by atoms with van der Waals surface area (Å²) in [6.07, 6.45) is 1.84. The molecule has 1 aromatic heterocycles. The number of halogens is 2. The van der Waals surface area contributed by atoms with Crippen LogP contribution in [-0.4, -0.2) is 30.7 Å². The third kappa shape index (κ3) is 3.33. The molecule has 27 heavy (non-hydrogen) atoms. The van der Waals surface area contributed by atoms with Gasteiger partial charge in [0.2, 0.25) is 0 Å². The number of anilines is 1. The van der Waals surface area contributed by atoms with Crippen molar-refractivity contribution in [2.75, 3.05) is 31.1 Å². The second-order valence-electron chi connectivity index (χ2n) is 6.73. The third-order valence-corrected chi connectivity index (χ3v) is 5.32. The summed E-state index contributed by atoms with van der Waals surface area (Å²) in [4.78, 5) is 15.1. The summed E-state index contributed by atoms with van der Waals surface area (Å²) in [5.74, 6) is -0.354. The van der Waals surface area contributed by atoms with Gasteiger partial charge in [-0.3, -0.25) is 4.79 Å². The molecule has 1 aliphatic heterocycles. The van der Waals surface area contributed by atoms with Crippen molar-refractivity contribution in [3.05, 3.63) is 63.7 Å². The largest absolute Gasteiger partial charge is 0.367 e. The van der Waals surface area contributed by atoms with E-state index in [0.29, 0.717) is 28.2 Å². The summed E-state index contributed by atoms with van der Waals surface area (Å²) in [7, 11) is 0. The quantitative estimate of drug-likeness (QED) is 0.743. The van der Waals surface area contributed by atoms with Crippen molar-refractivity contribution in [3.63, 3.8) is 0 Å². The second-order valence-corrected chi connectivity index (χ2v) is 7.16. The van der Waals surface area contributed by atoms with Crippen molar-refractivity contribution in [1.29, 1.82) is 0 Å². The third-order valence-electron chi connectivity index (χ3n) is 5.08. The summed E-state index contributed by atoms with van der Waals surface area (Å²) >= 11 is 6.09. The molecule has 1 N–H and O–H groups in total. The van der Waals surface area contributed by atoms with E-state index in [1.54, 1.807) is 12.1 Å². The van der Waals surface area contributed by atoms with Gasteiger partial charge >= 0.3 is 0 Å². The molecule has 0 radical (unpaired) electrons. The molecule has 1 saturated heterocycles. The number of aryl methyl sites for hydroxylation is 1. The molecule has 1 fully saturated rings. The summed E-state index contributed by atoms with van der Waals surface area (Å²) < 4.78 is 16.9. The highest BCUT2D eigenvalue weighted by atomic mass is 35.5. The van der Waals surface area contributed by atoms with Gasteiger partial charge in [0.25, 0.3) is 0 Å². The van der Waals surface area contributed by atoms with Gasteiger partial charge in [-0.05, 0) is 36.8 Å². The molecule has 6 heteroatoms. The van der Waals surface area contributed by atoms with Crippen molar-refractivity contribution < 1.29 is 4.39 Å². The van der Waals surface area contributed by atoms with Gasteiger partial charge in [-0.2, -0.15) is 0 Å². The van der Waals surface area contributed by atoms with Crippen LogP contribution < -0.4 is 15.6 Å². The zero-order valence-electron chi connectivity index (χ0n) is 15.1. The topological polar surface area (TPSA) is 37.3 Å². The maximum absolute atomic E-state index is 14.9. The van der Waals surface area contributed by atoms with Crippen LogP contribution in [-0.2, 0) is 6.54 Å². The lowest BCUT2D eigenvalue weighted by atomic mass is 10.0. The van der Waals surface area contributed by atoms with Crippen LogP contribution in [0.3, 0.4) is 0 Å². The number of nitrogens with one attached hydrogen (secondary N) is 1. The summed E-state index contributed by atoms with van der Waals surface area (Å²) in [5.41, 5.74) is 2.40. The Bertz CT molecular complexity index is 1060. The molecule has 4 rings (SSSR count). The predicted octanol–water partition coefficient (Wildman–Crippen LogP) is 3.89. The monoisotopic (exact) mass is 385 g/mol. The predicted molar refractivity (Wildman–Crippen MR) is 109 cm³/mol. The van der Waals surface area contributed by atoms with Gasteiger partial charge in [0.05, 0.1) is 11.2 Å². The van der Waals surface area contributed by atoms with E-state index >= 15 is 0 Å². The standard InChI is InChI=1S/C21H21ClFN3O/c1-2-25-13-17(14-4-3-5-15(22)10-14)21(27)16-11-18(23)20(12-19(16)25)26-8-6-24-7-9-26/h3-5,10-13,24H,2,6-9H2,1H3. The number of nitrogens with zero attached hydrogens (tertiary/aromatic N) is 2. The maximum atomic E-state index is 14.9. The van der Waals surface area contributed by atoms with E-state index < -0.39 is 0 Å². The van der Waals surface area contributed by atoms with E-state index in [-0.39, 0.29) is 11.2 Å². The van der Waals surface area contributed by atoms with Crippen LogP contribution in [0.4, 0.5) is 10.1 Å². The Morgan fingerprint density at radius 3 is 2.67 bits per heavy atom. The van der Waals surface area contributed by atoms with Gasteiger partial charge in [0, 0.05) is 54.9 Å². The molecule has 0 aliphatic carbocycles. The first-order valence-electron chi connectivity index (χ1n) is 9.17. The zero-order chi connectivity index (χ0) is 19.0. The van der Waals surface area contributed by atoms with E-state index in [0.717, 1.165) is 37.3 Å². The number of pyridine rings is 1. The summed E-state index contributed by atoms with van der Waals surface area (Å²) in [6, 6.07) is 10.4. The molecule has 0 atom stereocenters. The van der Waals surface area contributed by atoms with Crippen LogP contribution in [0, 0.1) is 5.82 Å². The van der Waals surface area contributed by atoms with E-state index in [1.165, 1.54) is 6.07 Å². The van der Waals surface area contributed by atoms with Crippen molar-refractivity contribution in [2.24, 2.45) is 0 Å². The molecule has 140 valence electrons. The Morgan fingerprint density at radius 2 is 1.96 bits per heavy atom. The van der Waals surface area contributed by atoms with Crippen LogP contribution in [0.5, 0.6) is 0 Å². The minimum absolute atomic E-state index is 0.178. The highest BCUT2D eigenvalue weighted by Gasteiger charge is 2.18. The number of benzene rings is 2. The molecule has 0 amide bonds. The Labute approximate surface area is 162 Å². The Morgan fingerprint density at radius 1 is 1.19 bits per heavy atom. The smallest absolute Gasteiger partial charge is 0.197 e. The van der Waals surface area contributed by atoms with E-state index in [1.807, 2.05) is 40.8 Å². The second kappa shape index (κ2) is 7.33. The van der Waals surface area contributed by atoms with Gasteiger partial charge in [0.1, 0.15) is 5.82 Å². The van der Waals surface area contributed by atoms with Crippen LogP contribution in [0.2, 0.25) is 5.02 Å². The molecule has 0 saturated carbocycles. The van der Waals surface area contributed by atoms with Gasteiger partial charge < -0.3 is 14.8 Å². The minimum atomic E-state index is -0.354. The number of fused-ring (bicyclic) bond motifs is 1. The fourth-order valence-electron chi connectivity index (χ4n) is 3.67. The lowest BCUT2D eigenvalue weighted by molar-refractivity contribution is 0.567. The molecule has 1 aliphatic rings. The van der Waals surface area contributed by atoms with Crippen LogP contribution >= 0.6 is 11.6 Å². The minimum Gasteiger partial charge on any atom is -0.367 e. The number of hydrogen-bond donors (Lipinski definition) is 1. The van der Waals surface area contributed by atoms with E-state index in [4.69, 9.17) is 11.6 Å². The SMILES string of the molecule is CCn1cc(-c2cccc(Cl)c2)c(=O)c2cc(F)c(N3CCNCC3)cc21. The molecule has 0 unspecified atom stereocenters. The summed E-state index contributed by atoms with van der Waals surface area (Å²) in [6.45, 7) is 5.84. The fourth-order valence-corrected chi connectivity index (χ4v) is 3.86. The number of aromatic nitrogens is 1. The molecule has 0 spiro atoms. The molecule has 2 heterocycles. The highest BCUT2D eigenvalue weighted by molar-refractivity contribution is 6.30. The van der Waals surface area contributed by atoms with Crippen LogP contribution in [0.25, 0.3) is 22.0 Å². The van der Waals surface area contributed by atoms with Crippen molar-refractivity contribution in [3.8, 4) is 11.1 Å². The molecule has 0 bridgehead atoms. The molecular weight excluding hydrogens is 365 g/mol. The first-order valence-corrected chi connectivity index (χ1v) is 9.54. The first kappa shape index (κ1) is 18.0. The molecule has 3 aromatic rings. The lowest BCUT2D eigenvalue weighted by Crippen LogP contribution is -2.43. The normalized spacial score (nSPS) is 14.7. The van der Waals surface area contributed by atoms with Gasteiger partial charge in [0.15, 0.2) is 5.43 Å². The van der Waals surface area contributed by atoms with E-state index in [2.05, 4.69) is 5.32 Å². The van der Waals surface area contributed by atoms with Gasteiger partial charge in [-0.1, -0.05) is 23.7 Å². The average Bonchev–Trinajstić information content (AvgIpc) is 2.69. The Hall–Kier alpha value is -2.37. The molecular formula is C21H21ClFN3O. The van der Waals surface area contributed by atoms with Crippen LogP contribution in [0.1, 0.15) is 6.92 Å². The molecule has 2 aromatic carbocycles. The number of hydrogen-bond acceptors (Lipinski definition) is 3. The number of rotatable bonds is 3. The van der Waals surface area contributed by atoms with Crippen molar-refractivity contribution >= 4 is 28.2 Å². The Balaban J connectivity index is 1.93. The van der Waals surface area contributed by atoms with E-state index in [9.17, 15) is 9.18 Å². The average molecular weight is 386 g/mol. The molecule has 4 nitrogen and oxygen atoms in total.